The Bertz CT molecular complexity index is 319. The van der Waals surface area contributed by atoms with E-state index in [9.17, 15) is 0 Å². The van der Waals surface area contributed by atoms with E-state index in [1.54, 1.807) is 0 Å². The Kier molecular flexibility index (Phi) is 3.96. The van der Waals surface area contributed by atoms with E-state index < -0.39 is 0 Å². The summed E-state index contributed by atoms with van der Waals surface area (Å²) in [6, 6.07) is 0.666. The first-order valence-electron chi connectivity index (χ1n) is 6.21. The molecule has 1 unspecified atom stereocenters. The van der Waals surface area contributed by atoms with Crippen LogP contribution >= 0.6 is 0 Å². The zero-order chi connectivity index (χ0) is 11.4. The largest absolute Gasteiger partial charge is 0.337 e. The molecule has 2 rings (SSSR count). The number of hydrogen-bond acceptors (Lipinski definition) is 3. The van der Waals surface area contributed by atoms with Gasteiger partial charge in [0, 0.05) is 45.1 Å². The first-order valence-corrected chi connectivity index (χ1v) is 6.21. The van der Waals surface area contributed by atoms with E-state index in [0.717, 1.165) is 32.0 Å². The molecule has 16 heavy (non-hydrogen) atoms. The number of nitrogens with one attached hydrogen (secondary N) is 1. The lowest BCUT2D eigenvalue weighted by Gasteiger charge is -2.33. The minimum atomic E-state index is 0.666. The zero-order valence-electron chi connectivity index (χ0n) is 10.3. The Morgan fingerprint density at radius 1 is 1.56 bits per heavy atom. The molecule has 4 nitrogen and oxygen atoms in total. The van der Waals surface area contributed by atoms with Crippen LogP contribution in [0.15, 0.2) is 12.4 Å². The number of nitrogens with zero attached hydrogens (tertiary/aromatic N) is 3. The van der Waals surface area contributed by atoms with Gasteiger partial charge in [0.05, 0.1) is 6.54 Å². The molecule has 1 N–H and O–H groups in total. The van der Waals surface area contributed by atoms with Crippen LogP contribution in [0.3, 0.4) is 0 Å². The van der Waals surface area contributed by atoms with Crippen molar-refractivity contribution in [3.05, 3.63) is 18.2 Å². The summed E-state index contributed by atoms with van der Waals surface area (Å²) in [7, 11) is 2.06. The van der Waals surface area contributed by atoms with Gasteiger partial charge in [-0.15, -0.1) is 0 Å². The second-order valence-corrected chi connectivity index (χ2v) is 4.63. The van der Waals surface area contributed by atoms with Gasteiger partial charge in [0.15, 0.2) is 0 Å². The fourth-order valence-corrected chi connectivity index (χ4v) is 2.33. The summed E-state index contributed by atoms with van der Waals surface area (Å²) in [5, 5.41) is 3.58. The fraction of sp³-hybridized carbons (Fsp3) is 0.750. The van der Waals surface area contributed by atoms with Crippen molar-refractivity contribution in [2.24, 2.45) is 7.05 Å². The molecular formula is C12H22N4. The molecule has 4 heteroatoms. The highest BCUT2D eigenvalue weighted by Gasteiger charge is 2.19. The van der Waals surface area contributed by atoms with Crippen LogP contribution in [0.1, 0.15) is 25.6 Å². The molecule has 0 aliphatic carbocycles. The summed E-state index contributed by atoms with van der Waals surface area (Å²) in [4.78, 5) is 6.88. The SMILES string of the molecule is CCCC1CN(Cc2nccn2C)CCN1. The number of rotatable bonds is 4. The van der Waals surface area contributed by atoms with Gasteiger partial charge in [0.25, 0.3) is 0 Å². The van der Waals surface area contributed by atoms with Crippen LogP contribution in [-0.2, 0) is 13.6 Å². The number of aromatic nitrogens is 2. The van der Waals surface area contributed by atoms with E-state index in [4.69, 9.17) is 0 Å². The lowest BCUT2D eigenvalue weighted by Crippen LogP contribution is -2.50. The number of aryl methyl sites for hydroxylation is 1. The van der Waals surface area contributed by atoms with E-state index in [1.807, 2.05) is 12.4 Å². The second-order valence-electron chi connectivity index (χ2n) is 4.63. The summed E-state index contributed by atoms with van der Waals surface area (Å²) >= 11 is 0. The standard InChI is InChI=1S/C12H22N4/c1-3-4-11-9-16(8-6-13-11)10-12-14-5-7-15(12)2/h5,7,11,13H,3-4,6,8-10H2,1-2H3. The van der Waals surface area contributed by atoms with E-state index in [2.05, 4.69) is 33.7 Å². The normalized spacial score (nSPS) is 22.5. The number of piperazine rings is 1. The van der Waals surface area contributed by atoms with Crippen molar-refractivity contribution in [2.75, 3.05) is 19.6 Å². The quantitative estimate of drug-likeness (QED) is 0.825. The monoisotopic (exact) mass is 222 g/mol. The van der Waals surface area contributed by atoms with Crippen molar-refractivity contribution in [2.45, 2.75) is 32.4 Å². The van der Waals surface area contributed by atoms with Crippen LogP contribution in [-0.4, -0.2) is 40.1 Å². The van der Waals surface area contributed by atoms with Crippen molar-refractivity contribution in [3.63, 3.8) is 0 Å². The summed E-state index contributed by atoms with van der Waals surface area (Å²) in [5.41, 5.74) is 0. The molecule has 1 atom stereocenters. The lowest BCUT2D eigenvalue weighted by atomic mass is 10.1. The molecule has 1 aliphatic heterocycles. The predicted molar refractivity (Wildman–Crippen MR) is 65.2 cm³/mol. The molecule has 0 amide bonds. The summed E-state index contributed by atoms with van der Waals surface area (Å²) in [6.07, 6.45) is 6.42. The summed E-state index contributed by atoms with van der Waals surface area (Å²) < 4.78 is 2.11. The Balaban J connectivity index is 1.88. The molecule has 0 saturated carbocycles. The van der Waals surface area contributed by atoms with Crippen molar-refractivity contribution in [1.29, 1.82) is 0 Å². The van der Waals surface area contributed by atoms with Crippen LogP contribution < -0.4 is 5.32 Å². The average Bonchev–Trinajstić information content (AvgIpc) is 2.66. The van der Waals surface area contributed by atoms with Crippen molar-refractivity contribution < 1.29 is 0 Å². The Morgan fingerprint density at radius 2 is 2.44 bits per heavy atom. The van der Waals surface area contributed by atoms with Gasteiger partial charge in [-0.1, -0.05) is 13.3 Å². The third-order valence-corrected chi connectivity index (χ3v) is 3.26. The first-order chi connectivity index (χ1) is 7.79. The van der Waals surface area contributed by atoms with Gasteiger partial charge < -0.3 is 9.88 Å². The minimum absolute atomic E-state index is 0.666. The molecule has 1 aromatic rings. The molecule has 1 fully saturated rings. The molecule has 1 saturated heterocycles. The van der Waals surface area contributed by atoms with Crippen LogP contribution in [0.5, 0.6) is 0 Å². The molecule has 0 spiro atoms. The molecule has 0 bridgehead atoms. The maximum atomic E-state index is 4.38. The first kappa shape index (κ1) is 11.6. The average molecular weight is 222 g/mol. The third kappa shape index (κ3) is 2.83. The molecule has 2 heterocycles. The number of imidazole rings is 1. The van der Waals surface area contributed by atoms with Gasteiger partial charge in [-0.25, -0.2) is 4.98 Å². The highest BCUT2D eigenvalue weighted by Crippen LogP contribution is 2.08. The summed E-state index contributed by atoms with van der Waals surface area (Å²) in [6.45, 7) is 6.62. The zero-order valence-corrected chi connectivity index (χ0v) is 10.3. The van der Waals surface area contributed by atoms with E-state index in [1.165, 1.54) is 12.8 Å². The van der Waals surface area contributed by atoms with E-state index in [0.29, 0.717) is 6.04 Å². The van der Waals surface area contributed by atoms with E-state index in [-0.39, 0.29) is 0 Å². The Labute approximate surface area is 97.7 Å². The van der Waals surface area contributed by atoms with Crippen LogP contribution in [0.4, 0.5) is 0 Å². The van der Waals surface area contributed by atoms with Crippen molar-refractivity contribution in [3.8, 4) is 0 Å². The molecule has 1 aliphatic rings. The Morgan fingerprint density at radius 3 is 3.12 bits per heavy atom. The molecule has 1 aromatic heterocycles. The predicted octanol–water partition coefficient (Wildman–Crippen LogP) is 0.994. The van der Waals surface area contributed by atoms with Gasteiger partial charge in [-0.05, 0) is 6.42 Å². The molecule has 0 aromatic carbocycles. The topological polar surface area (TPSA) is 33.1 Å². The van der Waals surface area contributed by atoms with Crippen LogP contribution in [0.25, 0.3) is 0 Å². The number of hydrogen-bond donors (Lipinski definition) is 1. The molecular weight excluding hydrogens is 200 g/mol. The van der Waals surface area contributed by atoms with Gasteiger partial charge in [-0.2, -0.15) is 0 Å². The highest BCUT2D eigenvalue weighted by atomic mass is 15.2. The van der Waals surface area contributed by atoms with Gasteiger partial charge in [0.2, 0.25) is 0 Å². The van der Waals surface area contributed by atoms with Gasteiger partial charge in [-0.3, -0.25) is 4.90 Å². The molecule has 90 valence electrons. The maximum absolute atomic E-state index is 4.38. The van der Waals surface area contributed by atoms with Crippen molar-refractivity contribution in [1.82, 2.24) is 19.8 Å². The highest BCUT2D eigenvalue weighted by molar-refractivity contribution is 4.92. The Hall–Kier alpha value is -0.870. The summed E-state index contributed by atoms with van der Waals surface area (Å²) in [5.74, 6) is 1.16. The van der Waals surface area contributed by atoms with Gasteiger partial charge >= 0.3 is 0 Å². The minimum Gasteiger partial charge on any atom is -0.337 e. The van der Waals surface area contributed by atoms with Gasteiger partial charge in [0.1, 0.15) is 5.82 Å². The lowest BCUT2D eigenvalue weighted by molar-refractivity contribution is 0.181. The van der Waals surface area contributed by atoms with Crippen LogP contribution in [0, 0.1) is 0 Å². The smallest absolute Gasteiger partial charge is 0.122 e. The molecule has 0 radical (unpaired) electrons. The third-order valence-electron chi connectivity index (χ3n) is 3.26. The fourth-order valence-electron chi connectivity index (χ4n) is 2.33. The van der Waals surface area contributed by atoms with Crippen molar-refractivity contribution >= 4 is 0 Å². The van der Waals surface area contributed by atoms with E-state index >= 15 is 0 Å². The maximum Gasteiger partial charge on any atom is 0.122 e. The van der Waals surface area contributed by atoms with Crippen LogP contribution in [0.2, 0.25) is 0 Å². The second kappa shape index (κ2) is 5.46.